The lowest BCUT2D eigenvalue weighted by atomic mass is 10.8. The topological polar surface area (TPSA) is 133 Å². The summed E-state index contributed by atoms with van der Waals surface area (Å²) in [6.45, 7) is 19.3. The summed E-state index contributed by atoms with van der Waals surface area (Å²) < 4.78 is 66.1. The molecule has 0 bridgehead atoms. The Morgan fingerprint density at radius 2 is 0.684 bits per heavy atom. The molecule has 2 N–H and O–H groups in total. The average molecular weight is 637 g/mol. The number of hydrogen-bond donors (Lipinski definition) is 2. The summed E-state index contributed by atoms with van der Waals surface area (Å²) >= 11 is 0. The molecule has 0 spiro atoms. The number of ether oxygens (including phenoxy) is 2. The smallest absolute Gasteiger partial charge is 0.409 e. The van der Waals surface area contributed by atoms with E-state index in [0.29, 0.717) is 0 Å². The van der Waals surface area contributed by atoms with Crippen LogP contribution in [0, 0.1) is 0 Å². The molecule has 1 aliphatic heterocycles. The first-order valence-corrected chi connectivity index (χ1v) is 27.1. The first-order valence-electron chi connectivity index (χ1n) is 13.9. The highest BCUT2D eigenvalue weighted by atomic mass is 30.0. The fourth-order valence-electron chi connectivity index (χ4n) is 5.49. The molecule has 12 nitrogen and oxygen atoms in total. The fourth-order valence-corrected chi connectivity index (χ4v) is 90.2. The van der Waals surface area contributed by atoms with Crippen LogP contribution in [0.15, 0.2) is 0 Å². The van der Waals surface area contributed by atoms with E-state index in [4.69, 9.17) is 44.9 Å². The highest BCUT2D eigenvalue weighted by Gasteiger charge is 3.07. The van der Waals surface area contributed by atoms with Crippen molar-refractivity contribution in [3.05, 3.63) is 0 Å². The summed E-state index contributed by atoms with van der Waals surface area (Å²) in [7, 11) is -22.3. The number of rotatable bonds is 20. The van der Waals surface area contributed by atoms with E-state index in [1.54, 1.807) is 41.5 Å². The average Bonchev–Trinajstić information content (AvgIpc) is 2.86. The zero-order chi connectivity index (χ0) is 29.1. The van der Waals surface area contributed by atoms with Crippen molar-refractivity contribution in [2.75, 3.05) is 66.1 Å². The van der Waals surface area contributed by atoms with Crippen molar-refractivity contribution < 1.29 is 54.5 Å². The first-order chi connectivity index (χ1) is 18.1. The molecule has 0 aromatic rings. The highest BCUT2D eigenvalue weighted by molar-refractivity contribution is 7.87. The predicted octanol–water partition coefficient (Wildman–Crippen LogP) is 1.65. The second-order valence-electron chi connectivity index (χ2n) is 8.09. The molecule has 0 aromatic carbocycles. The van der Waals surface area contributed by atoms with Gasteiger partial charge in [0.1, 0.15) is 0 Å². The molecule has 0 aromatic heterocycles. The van der Waals surface area contributed by atoms with Crippen LogP contribution in [0.4, 0.5) is 0 Å². The Morgan fingerprint density at radius 1 is 0.395 bits per heavy atom. The van der Waals surface area contributed by atoms with Gasteiger partial charge in [0, 0.05) is 66.1 Å². The molecule has 0 atom stereocenters. The van der Waals surface area contributed by atoms with Gasteiger partial charge in [-0.2, -0.15) is 0 Å². The van der Waals surface area contributed by atoms with E-state index >= 15 is 0 Å². The van der Waals surface area contributed by atoms with E-state index < -0.39 is 44.0 Å². The fraction of sp³-hybridized carbons (Fsp3) is 1.00. The Morgan fingerprint density at radius 3 is 0.974 bits per heavy atom. The SMILES string of the molecule is CCOC1(OCC)[Si](OCC)(OCC)[Si](O)(O)[Si](OCC)(OCC)[Si](OCC)(OCC)[Si]1(OCC)OCC. The Hall–Kier alpha value is 0.604. The van der Waals surface area contributed by atoms with Crippen molar-refractivity contribution in [2.45, 2.75) is 74.3 Å². The van der Waals surface area contributed by atoms with E-state index in [1.807, 2.05) is 27.7 Å². The summed E-state index contributed by atoms with van der Waals surface area (Å²) in [6.07, 6.45) is 0. The van der Waals surface area contributed by atoms with Crippen LogP contribution in [-0.2, 0) is 44.9 Å². The van der Waals surface area contributed by atoms with E-state index in [2.05, 4.69) is 0 Å². The first kappa shape index (κ1) is 36.6. The summed E-state index contributed by atoms with van der Waals surface area (Å²) in [4.78, 5) is 25.6. The quantitative estimate of drug-likeness (QED) is 0.149. The normalized spacial score (nSPS) is 22.4. The molecule has 1 fully saturated rings. The van der Waals surface area contributed by atoms with Gasteiger partial charge in [0.25, 0.3) is 5.03 Å². The maximum Gasteiger partial charge on any atom is 0.448 e. The lowest BCUT2D eigenvalue weighted by Gasteiger charge is -2.65. The molecule has 38 heavy (non-hydrogen) atoms. The van der Waals surface area contributed by atoms with Gasteiger partial charge >= 0.3 is 38.9 Å². The molecular formula is C21H52O12Si5. The maximum atomic E-state index is 12.8. The summed E-state index contributed by atoms with van der Waals surface area (Å²) in [5.41, 5.74) is 0. The second-order valence-corrected chi connectivity index (χ2v) is 39.0. The van der Waals surface area contributed by atoms with Gasteiger partial charge in [-0.3, -0.25) is 0 Å². The van der Waals surface area contributed by atoms with E-state index in [9.17, 15) is 9.59 Å². The van der Waals surface area contributed by atoms with Crippen LogP contribution >= 0.6 is 0 Å². The predicted molar refractivity (Wildman–Crippen MR) is 152 cm³/mol. The van der Waals surface area contributed by atoms with Crippen LogP contribution in [0.3, 0.4) is 0 Å². The van der Waals surface area contributed by atoms with Crippen LogP contribution in [0.5, 0.6) is 0 Å². The largest absolute Gasteiger partial charge is 0.448 e. The lowest BCUT2D eigenvalue weighted by molar-refractivity contribution is -0.174. The molecule has 0 radical (unpaired) electrons. The van der Waals surface area contributed by atoms with E-state index in [0.717, 1.165) is 0 Å². The van der Waals surface area contributed by atoms with Crippen molar-refractivity contribution in [2.24, 2.45) is 0 Å². The minimum atomic E-state index is -4.98. The van der Waals surface area contributed by atoms with Crippen molar-refractivity contribution >= 4 is 38.9 Å². The third kappa shape index (κ3) is 5.18. The van der Waals surface area contributed by atoms with Crippen molar-refractivity contribution in [1.82, 2.24) is 0 Å². The zero-order valence-corrected chi connectivity index (χ0v) is 30.0. The van der Waals surface area contributed by atoms with Gasteiger partial charge in [-0.1, -0.05) is 0 Å². The minimum absolute atomic E-state index is 0.0906. The monoisotopic (exact) mass is 636 g/mol. The van der Waals surface area contributed by atoms with Crippen LogP contribution in [0.1, 0.15) is 69.2 Å². The molecule has 0 amide bonds. The molecule has 1 saturated heterocycles. The summed E-state index contributed by atoms with van der Waals surface area (Å²) in [6, 6.07) is 0. The number of hydrogen-bond acceptors (Lipinski definition) is 12. The van der Waals surface area contributed by atoms with E-state index in [-0.39, 0.29) is 66.1 Å². The standard InChI is InChI=1S/C21H52O12Si5/c1-11-24-21(25-12-2)34(26-13-3,27-14-4)36(22,23)38(32-19-9,33-20-10)37(30-17-7,31-18-8)35(21,28-15-5)29-16-6/h22-23H,11-20H2,1-10H3. The van der Waals surface area contributed by atoms with Gasteiger partial charge in [-0.05, 0) is 69.2 Å². The molecule has 228 valence electrons. The molecule has 1 aliphatic rings. The molecule has 0 aliphatic carbocycles. The summed E-state index contributed by atoms with van der Waals surface area (Å²) in [5, 5.41) is -1.93. The molecule has 0 unspecified atom stereocenters. The van der Waals surface area contributed by atoms with Gasteiger partial charge in [0.2, 0.25) is 0 Å². The van der Waals surface area contributed by atoms with Gasteiger partial charge in [-0.15, -0.1) is 0 Å². The van der Waals surface area contributed by atoms with Crippen LogP contribution in [0.25, 0.3) is 0 Å². The van der Waals surface area contributed by atoms with Crippen molar-refractivity contribution in [3.8, 4) is 0 Å². The van der Waals surface area contributed by atoms with Crippen LogP contribution in [0.2, 0.25) is 0 Å². The maximum absolute atomic E-state index is 12.8. The molecule has 0 saturated carbocycles. The minimum Gasteiger partial charge on any atom is -0.409 e. The van der Waals surface area contributed by atoms with Gasteiger partial charge in [0.05, 0.1) is 0 Å². The van der Waals surface area contributed by atoms with Gasteiger partial charge < -0.3 is 54.5 Å². The third-order valence-corrected chi connectivity index (χ3v) is 61.4. The Kier molecular flexibility index (Phi) is 15.2. The Balaban J connectivity index is 4.75. The molecular weight excluding hydrogens is 585 g/mol. The second kappa shape index (κ2) is 15.7. The van der Waals surface area contributed by atoms with Crippen molar-refractivity contribution in [3.63, 3.8) is 0 Å². The van der Waals surface area contributed by atoms with Crippen molar-refractivity contribution in [1.29, 1.82) is 0 Å². The molecule has 1 rings (SSSR count). The van der Waals surface area contributed by atoms with Gasteiger partial charge in [0.15, 0.2) is 0 Å². The molecule has 17 heteroatoms. The zero-order valence-electron chi connectivity index (χ0n) is 25.0. The molecule has 1 heterocycles. The lowest BCUT2D eigenvalue weighted by Crippen LogP contribution is -3.10. The van der Waals surface area contributed by atoms with Gasteiger partial charge in [-0.25, -0.2) is 0 Å². The van der Waals surface area contributed by atoms with E-state index in [1.165, 1.54) is 0 Å². The van der Waals surface area contributed by atoms with Crippen LogP contribution in [-0.4, -0.2) is 120 Å². The Bertz CT molecular complexity index is 611. The summed E-state index contributed by atoms with van der Waals surface area (Å²) in [5.74, 6) is 0. The Labute approximate surface area is 233 Å². The third-order valence-electron chi connectivity index (χ3n) is 6.13. The highest BCUT2D eigenvalue weighted by Crippen LogP contribution is 2.56. The van der Waals surface area contributed by atoms with Crippen LogP contribution < -0.4 is 0 Å².